The van der Waals surface area contributed by atoms with Crippen LogP contribution in [0.25, 0.3) is 0 Å². The number of rotatable bonds is 6. The van der Waals surface area contributed by atoms with Crippen LogP contribution in [0.5, 0.6) is 0 Å². The molecule has 0 aromatic heterocycles. The first-order valence-corrected chi connectivity index (χ1v) is 7.49. The molecule has 0 aromatic carbocycles. The Morgan fingerprint density at radius 3 is 2.56 bits per heavy atom. The molecule has 2 fully saturated rings. The number of nitrogens with one attached hydrogen (secondary N) is 1. The summed E-state index contributed by atoms with van der Waals surface area (Å²) in [6, 6.07) is 0. The molecule has 1 amide bonds. The number of hydrogen-bond acceptors (Lipinski definition) is 2. The minimum absolute atomic E-state index is 0.234. The van der Waals surface area contributed by atoms with Crippen LogP contribution in [0.15, 0.2) is 0 Å². The average Bonchev–Trinajstić information content (AvgIpc) is 2.99. The average molecular weight is 253 g/mol. The number of amides is 1. The van der Waals surface area contributed by atoms with Crippen LogP contribution in [0, 0.1) is 11.3 Å². The largest absolute Gasteiger partial charge is 0.378 e. The van der Waals surface area contributed by atoms with Gasteiger partial charge in [-0.3, -0.25) is 4.79 Å². The zero-order chi connectivity index (χ0) is 13.0. The van der Waals surface area contributed by atoms with Crippen molar-refractivity contribution in [2.75, 3.05) is 13.2 Å². The van der Waals surface area contributed by atoms with E-state index in [9.17, 15) is 4.79 Å². The molecule has 0 aliphatic heterocycles. The van der Waals surface area contributed by atoms with Crippen molar-refractivity contribution in [3.8, 4) is 0 Å². The van der Waals surface area contributed by atoms with Crippen LogP contribution in [-0.2, 0) is 9.53 Å². The van der Waals surface area contributed by atoms with E-state index in [-0.39, 0.29) is 17.2 Å². The summed E-state index contributed by atoms with van der Waals surface area (Å²) < 4.78 is 5.83. The molecule has 2 saturated carbocycles. The summed E-state index contributed by atoms with van der Waals surface area (Å²) in [5.41, 5.74) is 0.239. The number of carbonyl (C=O) groups excluding carboxylic acids is 1. The van der Waals surface area contributed by atoms with Gasteiger partial charge in [0.1, 0.15) is 0 Å². The third-order valence-electron chi connectivity index (χ3n) is 4.36. The van der Waals surface area contributed by atoms with Gasteiger partial charge in [-0.2, -0.15) is 0 Å². The molecule has 2 rings (SSSR count). The maximum absolute atomic E-state index is 11.7. The molecular formula is C15H27NO2. The highest BCUT2D eigenvalue weighted by Gasteiger charge is 2.50. The van der Waals surface area contributed by atoms with Crippen LogP contribution in [0.2, 0.25) is 0 Å². The van der Waals surface area contributed by atoms with Gasteiger partial charge in [0, 0.05) is 19.1 Å². The summed E-state index contributed by atoms with van der Waals surface area (Å²) >= 11 is 0. The second-order valence-corrected chi connectivity index (χ2v) is 6.52. The molecule has 2 aliphatic rings. The summed E-state index contributed by atoms with van der Waals surface area (Å²) in [6.07, 6.45) is 8.92. The van der Waals surface area contributed by atoms with Crippen molar-refractivity contribution in [1.82, 2.24) is 5.32 Å². The lowest BCUT2D eigenvalue weighted by Crippen LogP contribution is -2.28. The molecule has 1 unspecified atom stereocenters. The van der Waals surface area contributed by atoms with Gasteiger partial charge in [-0.1, -0.05) is 33.1 Å². The number of hydrogen-bond donors (Lipinski definition) is 1. The van der Waals surface area contributed by atoms with Gasteiger partial charge in [-0.05, 0) is 31.1 Å². The fraction of sp³-hybridized carbons (Fsp3) is 0.933. The van der Waals surface area contributed by atoms with Crippen molar-refractivity contribution in [2.45, 2.75) is 64.9 Å². The van der Waals surface area contributed by atoms with Crippen LogP contribution in [-0.4, -0.2) is 25.2 Å². The molecule has 3 heteroatoms. The van der Waals surface area contributed by atoms with E-state index < -0.39 is 0 Å². The van der Waals surface area contributed by atoms with Crippen LogP contribution in [0.3, 0.4) is 0 Å². The minimum Gasteiger partial charge on any atom is -0.378 e. The van der Waals surface area contributed by atoms with Gasteiger partial charge in [0.05, 0.1) is 6.10 Å². The Morgan fingerprint density at radius 1 is 1.28 bits per heavy atom. The molecule has 1 N–H and O–H groups in total. The molecule has 18 heavy (non-hydrogen) atoms. The normalized spacial score (nSPS) is 26.9. The van der Waals surface area contributed by atoms with Crippen LogP contribution in [0.1, 0.15) is 58.8 Å². The van der Waals surface area contributed by atoms with Crippen LogP contribution >= 0.6 is 0 Å². The highest BCUT2D eigenvalue weighted by molar-refractivity contribution is 5.82. The Morgan fingerprint density at radius 2 is 1.94 bits per heavy atom. The maximum atomic E-state index is 11.7. The Bertz CT molecular complexity index is 282. The fourth-order valence-corrected chi connectivity index (χ4v) is 2.80. The zero-order valence-electron chi connectivity index (χ0n) is 11.8. The van der Waals surface area contributed by atoms with E-state index in [0.717, 1.165) is 26.0 Å². The molecule has 0 radical (unpaired) electrons. The second-order valence-electron chi connectivity index (χ2n) is 6.52. The molecule has 0 aromatic rings. The molecular weight excluding hydrogens is 226 g/mol. The molecule has 0 spiro atoms. The molecule has 3 nitrogen and oxygen atoms in total. The molecule has 104 valence electrons. The summed E-state index contributed by atoms with van der Waals surface area (Å²) in [7, 11) is 0. The Kier molecular flexibility index (Phi) is 4.66. The fourth-order valence-electron chi connectivity index (χ4n) is 2.80. The highest BCUT2D eigenvalue weighted by Crippen LogP contribution is 2.51. The van der Waals surface area contributed by atoms with E-state index in [1.165, 1.54) is 32.1 Å². The lowest BCUT2D eigenvalue weighted by Gasteiger charge is -2.21. The zero-order valence-corrected chi connectivity index (χ0v) is 11.8. The summed E-state index contributed by atoms with van der Waals surface area (Å²) in [4.78, 5) is 11.7. The van der Waals surface area contributed by atoms with E-state index in [1.54, 1.807) is 0 Å². The van der Waals surface area contributed by atoms with Crippen molar-refractivity contribution < 1.29 is 9.53 Å². The maximum Gasteiger partial charge on any atom is 0.223 e. The van der Waals surface area contributed by atoms with Gasteiger partial charge in [0.25, 0.3) is 0 Å². The Hall–Kier alpha value is -0.570. The van der Waals surface area contributed by atoms with Crippen LogP contribution < -0.4 is 5.32 Å². The SMILES string of the molecule is CC1(C)CC1C(=O)NCCCOC1CCCCC1. The van der Waals surface area contributed by atoms with Crippen molar-refractivity contribution >= 4 is 5.91 Å². The van der Waals surface area contributed by atoms with E-state index >= 15 is 0 Å². The van der Waals surface area contributed by atoms with E-state index in [4.69, 9.17) is 4.74 Å². The number of carbonyl (C=O) groups is 1. The Labute approximate surface area is 111 Å². The molecule has 0 heterocycles. The van der Waals surface area contributed by atoms with Crippen molar-refractivity contribution in [3.63, 3.8) is 0 Å². The predicted octanol–water partition coefficient (Wildman–Crippen LogP) is 2.89. The monoisotopic (exact) mass is 253 g/mol. The predicted molar refractivity (Wildman–Crippen MR) is 72.3 cm³/mol. The second kappa shape index (κ2) is 6.05. The van der Waals surface area contributed by atoms with E-state index in [0.29, 0.717) is 6.10 Å². The van der Waals surface area contributed by atoms with Crippen LogP contribution in [0.4, 0.5) is 0 Å². The van der Waals surface area contributed by atoms with E-state index in [2.05, 4.69) is 19.2 Å². The van der Waals surface area contributed by atoms with Gasteiger partial charge < -0.3 is 10.1 Å². The smallest absolute Gasteiger partial charge is 0.223 e. The summed E-state index contributed by atoms with van der Waals surface area (Å²) in [5.74, 6) is 0.481. The molecule has 2 aliphatic carbocycles. The third-order valence-corrected chi connectivity index (χ3v) is 4.36. The molecule has 0 saturated heterocycles. The van der Waals surface area contributed by atoms with Gasteiger partial charge in [-0.15, -0.1) is 0 Å². The van der Waals surface area contributed by atoms with Gasteiger partial charge in [0.2, 0.25) is 5.91 Å². The minimum atomic E-state index is 0.234. The molecule has 0 bridgehead atoms. The van der Waals surface area contributed by atoms with Crippen molar-refractivity contribution in [1.29, 1.82) is 0 Å². The molecule has 1 atom stereocenters. The Balaban J connectivity index is 1.47. The van der Waals surface area contributed by atoms with Crippen molar-refractivity contribution in [3.05, 3.63) is 0 Å². The number of ether oxygens (including phenoxy) is 1. The van der Waals surface area contributed by atoms with Crippen molar-refractivity contribution in [2.24, 2.45) is 11.3 Å². The topological polar surface area (TPSA) is 38.3 Å². The van der Waals surface area contributed by atoms with Gasteiger partial charge >= 0.3 is 0 Å². The first kappa shape index (κ1) is 13.9. The summed E-state index contributed by atoms with van der Waals surface area (Å²) in [5, 5.41) is 3.02. The summed E-state index contributed by atoms with van der Waals surface area (Å²) in [6.45, 7) is 5.87. The highest BCUT2D eigenvalue weighted by atomic mass is 16.5. The lowest BCUT2D eigenvalue weighted by molar-refractivity contribution is -0.123. The third kappa shape index (κ3) is 3.98. The standard InChI is InChI=1S/C15H27NO2/c1-15(2)11-13(15)14(17)16-9-6-10-18-12-7-4-3-5-8-12/h12-13H,3-11H2,1-2H3,(H,16,17). The van der Waals surface area contributed by atoms with Gasteiger partial charge in [0.15, 0.2) is 0 Å². The van der Waals surface area contributed by atoms with E-state index in [1.807, 2.05) is 0 Å². The lowest BCUT2D eigenvalue weighted by atomic mass is 9.98. The first-order chi connectivity index (χ1) is 8.59. The first-order valence-electron chi connectivity index (χ1n) is 7.49. The quantitative estimate of drug-likeness (QED) is 0.739. The van der Waals surface area contributed by atoms with Gasteiger partial charge in [-0.25, -0.2) is 0 Å².